The summed E-state index contributed by atoms with van der Waals surface area (Å²) >= 11 is 5.87. The Kier molecular flexibility index (Phi) is 4.99. The number of alkyl halides is 1. The Hall–Kier alpha value is -2.59. The Morgan fingerprint density at radius 2 is 1.81 bits per heavy atom. The second-order valence-corrected chi connectivity index (χ2v) is 7.28. The van der Waals surface area contributed by atoms with Crippen molar-refractivity contribution in [3.8, 4) is 0 Å². The molecule has 2 aliphatic rings. The van der Waals surface area contributed by atoms with Crippen LogP contribution in [0.25, 0.3) is 6.08 Å². The van der Waals surface area contributed by atoms with Crippen molar-refractivity contribution in [2.24, 2.45) is 11.0 Å². The van der Waals surface area contributed by atoms with E-state index in [0.29, 0.717) is 13.1 Å². The van der Waals surface area contributed by atoms with Gasteiger partial charge in [0, 0.05) is 26.1 Å². The van der Waals surface area contributed by atoms with Gasteiger partial charge in [0.1, 0.15) is 5.88 Å². The van der Waals surface area contributed by atoms with E-state index >= 15 is 0 Å². The number of hydrazone groups is 1. The Balaban J connectivity index is 1.74. The number of hydrogen-bond donors (Lipinski definition) is 0. The first-order chi connectivity index (χ1) is 13.2. The second kappa shape index (κ2) is 7.57. The lowest BCUT2D eigenvalue weighted by molar-refractivity contribution is -0.128. The van der Waals surface area contributed by atoms with Crippen molar-refractivity contribution in [3.05, 3.63) is 77.4 Å². The quantitative estimate of drug-likeness (QED) is 0.760. The first-order valence-electron chi connectivity index (χ1n) is 9.13. The molecule has 2 aromatic carbocycles. The maximum atomic E-state index is 12.4. The highest BCUT2D eigenvalue weighted by Crippen LogP contribution is 2.39. The second-order valence-electron chi connectivity index (χ2n) is 7.01. The maximum absolute atomic E-state index is 12.4. The highest BCUT2D eigenvalue weighted by Gasteiger charge is 2.43. The van der Waals surface area contributed by atoms with Crippen molar-refractivity contribution >= 4 is 29.3 Å². The Bertz CT molecular complexity index is 879. The summed E-state index contributed by atoms with van der Waals surface area (Å²) in [6.07, 6.45) is 2.14. The summed E-state index contributed by atoms with van der Waals surface area (Å²) in [7, 11) is 2.01. The molecule has 0 aromatic heterocycles. The van der Waals surface area contributed by atoms with E-state index in [1.54, 1.807) is 0 Å². The van der Waals surface area contributed by atoms with Crippen molar-refractivity contribution in [2.45, 2.75) is 6.04 Å². The summed E-state index contributed by atoms with van der Waals surface area (Å²) in [4.78, 5) is 14.3. The van der Waals surface area contributed by atoms with E-state index in [1.165, 1.54) is 5.56 Å². The number of piperidine rings is 1. The van der Waals surface area contributed by atoms with Crippen LogP contribution in [0.15, 0.2) is 71.3 Å². The van der Waals surface area contributed by atoms with E-state index in [1.807, 2.05) is 53.4 Å². The van der Waals surface area contributed by atoms with E-state index in [-0.39, 0.29) is 23.7 Å². The molecule has 1 fully saturated rings. The average Bonchev–Trinajstić information content (AvgIpc) is 3.05. The van der Waals surface area contributed by atoms with Crippen molar-refractivity contribution in [2.75, 3.05) is 26.0 Å². The molecule has 2 aromatic rings. The van der Waals surface area contributed by atoms with Crippen LogP contribution < -0.4 is 0 Å². The first kappa shape index (κ1) is 17.8. The Morgan fingerprint density at radius 3 is 2.48 bits per heavy atom. The van der Waals surface area contributed by atoms with Gasteiger partial charge >= 0.3 is 0 Å². The van der Waals surface area contributed by atoms with Crippen molar-refractivity contribution < 1.29 is 4.79 Å². The minimum Gasteiger partial charge on any atom is -0.336 e. The Morgan fingerprint density at radius 1 is 1.15 bits per heavy atom. The number of carbonyl (C=O) groups excluding carboxylic acids is 1. The van der Waals surface area contributed by atoms with Gasteiger partial charge in [-0.15, -0.1) is 11.6 Å². The predicted octanol–water partition coefficient (Wildman–Crippen LogP) is 3.81. The van der Waals surface area contributed by atoms with Crippen LogP contribution in [0.4, 0.5) is 0 Å². The molecule has 1 amide bonds. The van der Waals surface area contributed by atoms with Gasteiger partial charge in [0.25, 0.3) is 0 Å². The van der Waals surface area contributed by atoms with Gasteiger partial charge in [0.15, 0.2) is 0 Å². The number of hydrogen-bond acceptors (Lipinski definition) is 3. The lowest BCUT2D eigenvalue weighted by atomic mass is 9.83. The molecule has 4 nitrogen and oxygen atoms in total. The number of nitrogens with zero attached hydrogens (tertiary/aromatic N) is 3. The van der Waals surface area contributed by atoms with Crippen molar-refractivity contribution in [1.29, 1.82) is 0 Å². The summed E-state index contributed by atoms with van der Waals surface area (Å²) in [5.41, 5.74) is 4.48. The maximum Gasteiger partial charge on any atom is 0.237 e. The minimum absolute atomic E-state index is 0.00363. The number of benzene rings is 2. The van der Waals surface area contributed by atoms with E-state index in [9.17, 15) is 4.79 Å². The van der Waals surface area contributed by atoms with Crippen LogP contribution in [0.5, 0.6) is 0 Å². The molecule has 0 saturated carbocycles. The topological polar surface area (TPSA) is 35.9 Å². The number of likely N-dealkylation sites (tertiary alicyclic amines) is 1. The molecular weight excluding hydrogens is 358 g/mol. The number of rotatable bonds is 3. The smallest absolute Gasteiger partial charge is 0.237 e. The standard InChI is InChI=1S/C22H22ClN3O/c1-25-22(17-10-6-3-7-11-17)19-15-26(20(27)13-23)14-18(21(19)24-25)12-16-8-4-2-5-9-16/h2-12,19,22H,13-15H2,1H3. The van der Waals surface area contributed by atoms with Crippen LogP contribution in [0, 0.1) is 5.92 Å². The molecule has 138 valence electrons. The minimum atomic E-state index is -0.0314. The predicted molar refractivity (Wildman–Crippen MR) is 110 cm³/mol. The molecule has 0 radical (unpaired) electrons. The van der Waals surface area contributed by atoms with E-state index in [2.05, 4.69) is 30.3 Å². The van der Waals surface area contributed by atoms with Crippen LogP contribution in [-0.4, -0.2) is 47.5 Å². The van der Waals surface area contributed by atoms with E-state index in [0.717, 1.165) is 16.8 Å². The molecular formula is C22H22ClN3O. The molecule has 2 atom stereocenters. The molecule has 0 spiro atoms. The van der Waals surface area contributed by atoms with Gasteiger partial charge in [-0.2, -0.15) is 5.10 Å². The summed E-state index contributed by atoms with van der Waals surface area (Å²) in [6, 6.07) is 20.7. The molecule has 0 bridgehead atoms. The number of fused-ring (bicyclic) bond motifs is 1. The zero-order valence-electron chi connectivity index (χ0n) is 15.3. The van der Waals surface area contributed by atoms with E-state index in [4.69, 9.17) is 16.7 Å². The Labute approximate surface area is 164 Å². The van der Waals surface area contributed by atoms with Crippen LogP contribution in [-0.2, 0) is 4.79 Å². The number of amides is 1. The van der Waals surface area contributed by atoms with Gasteiger partial charge in [0.05, 0.1) is 11.8 Å². The fraction of sp³-hybridized carbons (Fsp3) is 0.273. The average molecular weight is 380 g/mol. The molecule has 0 N–H and O–H groups in total. The molecule has 27 heavy (non-hydrogen) atoms. The molecule has 2 heterocycles. The third-order valence-electron chi connectivity index (χ3n) is 5.26. The zero-order valence-corrected chi connectivity index (χ0v) is 16.0. The van der Waals surface area contributed by atoms with E-state index < -0.39 is 0 Å². The highest BCUT2D eigenvalue weighted by atomic mass is 35.5. The zero-order chi connectivity index (χ0) is 18.8. The van der Waals surface area contributed by atoms with Gasteiger partial charge in [0.2, 0.25) is 5.91 Å². The van der Waals surface area contributed by atoms with Crippen molar-refractivity contribution in [1.82, 2.24) is 9.91 Å². The van der Waals surface area contributed by atoms with Crippen molar-refractivity contribution in [3.63, 3.8) is 0 Å². The third kappa shape index (κ3) is 3.50. The summed E-state index contributed by atoms with van der Waals surface area (Å²) in [5.74, 6) is 0.105. The normalized spacial score (nSPS) is 23.3. The van der Waals surface area contributed by atoms with Crippen LogP contribution >= 0.6 is 11.6 Å². The van der Waals surface area contributed by atoms with Crippen LogP contribution in [0.3, 0.4) is 0 Å². The molecule has 5 heteroatoms. The SMILES string of the molecule is CN1N=C2C(=Cc3ccccc3)CN(C(=O)CCl)CC2C1c1ccccc1. The highest BCUT2D eigenvalue weighted by molar-refractivity contribution is 6.27. The summed E-state index contributed by atoms with van der Waals surface area (Å²) in [6.45, 7) is 1.19. The fourth-order valence-corrected chi connectivity index (χ4v) is 4.21. The van der Waals surface area contributed by atoms with Gasteiger partial charge < -0.3 is 4.90 Å². The van der Waals surface area contributed by atoms with Crippen LogP contribution in [0.1, 0.15) is 17.2 Å². The first-order valence-corrected chi connectivity index (χ1v) is 9.67. The third-order valence-corrected chi connectivity index (χ3v) is 5.48. The van der Waals surface area contributed by atoms with Gasteiger partial charge in [-0.3, -0.25) is 9.80 Å². The van der Waals surface area contributed by atoms with Gasteiger partial charge in [-0.25, -0.2) is 0 Å². The lowest BCUT2D eigenvalue weighted by Gasteiger charge is -2.36. The van der Waals surface area contributed by atoms with Gasteiger partial charge in [-0.05, 0) is 22.8 Å². The molecule has 0 aliphatic carbocycles. The lowest BCUT2D eigenvalue weighted by Crippen LogP contribution is -2.46. The molecule has 2 aliphatic heterocycles. The van der Waals surface area contributed by atoms with Crippen LogP contribution in [0.2, 0.25) is 0 Å². The molecule has 4 rings (SSSR count). The number of halogens is 1. The monoisotopic (exact) mass is 379 g/mol. The summed E-state index contributed by atoms with van der Waals surface area (Å²) in [5, 5.41) is 6.91. The number of carbonyl (C=O) groups is 1. The molecule has 1 saturated heterocycles. The molecule has 2 unspecified atom stereocenters. The summed E-state index contributed by atoms with van der Waals surface area (Å²) < 4.78 is 0. The van der Waals surface area contributed by atoms with Gasteiger partial charge in [-0.1, -0.05) is 60.7 Å². The largest absolute Gasteiger partial charge is 0.336 e. The fourth-order valence-electron chi connectivity index (χ4n) is 4.04.